The lowest BCUT2D eigenvalue weighted by atomic mass is 9.90. The number of rotatable bonds is 71. The van der Waals surface area contributed by atoms with Crippen molar-refractivity contribution in [2.24, 2.45) is 47.3 Å². The molecule has 0 radical (unpaired) electrons. The zero-order valence-electron chi connectivity index (χ0n) is 92.6. The van der Waals surface area contributed by atoms with Gasteiger partial charge in [0.2, 0.25) is 0 Å². The maximum Gasteiger partial charge on any atom is 0.337 e. The third-order valence-electron chi connectivity index (χ3n) is 31.8. The molecule has 8 heterocycles. The summed E-state index contributed by atoms with van der Waals surface area (Å²) in [4.78, 5) is 36.6. The molecule has 0 aliphatic heterocycles. The summed E-state index contributed by atoms with van der Waals surface area (Å²) in [5.74, 6) is 4.77. The van der Waals surface area contributed by atoms with Crippen LogP contribution in [0.1, 0.15) is 469 Å². The molecular weight excluding hydrogens is 1950 g/mol. The number of halogens is 1. The first-order valence-electron chi connectivity index (χ1n) is 58.3. The largest absolute Gasteiger partial charge is 0.465 e. The Labute approximate surface area is 913 Å². The quantitative estimate of drug-likeness (QED) is 0.0216. The molecule has 0 bridgehead atoms. The molecule has 3 aromatic carbocycles. The van der Waals surface area contributed by atoms with Gasteiger partial charge in [0.25, 0.3) is 0 Å². The van der Waals surface area contributed by atoms with E-state index in [9.17, 15) is 4.79 Å². The molecule has 782 valence electrons. The summed E-state index contributed by atoms with van der Waals surface area (Å²) < 4.78 is 6.48. The number of benzene rings is 3. The van der Waals surface area contributed by atoms with Gasteiger partial charge in [-0.15, -0.1) is 90.7 Å². The van der Waals surface area contributed by atoms with Crippen LogP contribution in [0.2, 0.25) is 0 Å². The first-order valence-corrected chi connectivity index (χ1v) is 65.6. The first-order chi connectivity index (χ1) is 69.8. The number of hydrogen-bond donors (Lipinski definition) is 0. The Bertz CT molecular complexity index is 5550. The summed E-state index contributed by atoms with van der Waals surface area (Å²) in [6.07, 6.45) is 71.1. The number of ether oxygens (including phenoxy) is 1. The van der Waals surface area contributed by atoms with Crippen molar-refractivity contribution in [2.75, 3.05) is 7.11 Å². The van der Waals surface area contributed by atoms with Crippen LogP contribution >= 0.6 is 107 Å². The fourth-order valence-electron chi connectivity index (χ4n) is 21.9. The molecule has 8 aromatic heterocycles. The fourth-order valence-corrected chi connectivity index (χ4v) is 32.9. The van der Waals surface area contributed by atoms with Gasteiger partial charge < -0.3 is 4.74 Å². The van der Waals surface area contributed by atoms with Crippen molar-refractivity contribution in [3.8, 4) is 78.7 Å². The number of unbranched alkanes of at least 4 members (excludes halogenated alkanes) is 14. The van der Waals surface area contributed by atoms with Gasteiger partial charge in [0.05, 0.1) is 12.7 Å². The monoisotopic (exact) mass is 2140 g/mol. The fraction of sp³-hybridized carbons (Fsp3) is 0.583. The summed E-state index contributed by atoms with van der Waals surface area (Å²) >= 11 is 21.1. The normalized spacial score (nSPS) is 13.8. The molecule has 0 fully saturated rings. The Morgan fingerprint density at radius 2 is 0.510 bits per heavy atom. The molecule has 11 aromatic rings. The second kappa shape index (κ2) is 63.8. The summed E-state index contributed by atoms with van der Waals surface area (Å²) in [6.45, 7) is 43.5. The van der Waals surface area contributed by atoms with Crippen molar-refractivity contribution in [3.05, 3.63) is 196 Å². The van der Waals surface area contributed by atoms with Gasteiger partial charge in [0.15, 0.2) is 0 Å². The van der Waals surface area contributed by atoms with Crippen LogP contribution in [0.3, 0.4) is 0 Å². The van der Waals surface area contributed by atoms with Crippen LogP contribution < -0.4 is 0 Å². The average molecular weight is 2140 g/mol. The van der Waals surface area contributed by atoms with E-state index in [4.69, 9.17) is 4.74 Å². The summed E-state index contributed by atoms with van der Waals surface area (Å²) in [6, 6.07) is 44.4. The Morgan fingerprint density at radius 1 is 0.259 bits per heavy atom. The van der Waals surface area contributed by atoms with Gasteiger partial charge in [-0.3, -0.25) is 0 Å². The van der Waals surface area contributed by atoms with Gasteiger partial charge >= 0.3 is 5.97 Å². The van der Waals surface area contributed by atoms with Gasteiger partial charge in [-0.25, -0.2) is 4.79 Å². The second-order valence-electron chi connectivity index (χ2n) is 42.9. The molecular formula is C132H187BrO2S8. The smallest absolute Gasteiger partial charge is 0.337 e. The number of thiophene rings is 8. The highest BCUT2D eigenvalue weighted by atomic mass is 79.9. The summed E-state index contributed by atoms with van der Waals surface area (Å²) in [5.41, 5.74) is 21.1. The van der Waals surface area contributed by atoms with E-state index in [0.29, 0.717) is 52.9 Å². The minimum absolute atomic E-state index is 0.287. The molecule has 0 amide bonds. The predicted octanol–water partition coefficient (Wildman–Crippen LogP) is 46.7. The van der Waals surface area contributed by atoms with E-state index in [0.717, 1.165) is 64.2 Å². The van der Waals surface area contributed by atoms with Gasteiger partial charge in [-0.1, -0.05) is 445 Å². The number of methoxy groups -OCH3 is 1. The highest BCUT2D eigenvalue weighted by molar-refractivity contribution is 9.10. The lowest BCUT2D eigenvalue weighted by Gasteiger charge is -2.15. The summed E-state index contributed by atoms with van der Waals surface area (Å²) in [7, 11) is 1.48. The van der Waals surface area contributed by atoms with Crippen LogP contribution in [0.4, 0.5) is 0 Å². The minimum Gasteiger partial charge on any atom is -0.465 e. The highest BCUT2D eigenvalue weighted by Gasteiger charge is 2.32. The third-order valence-corrected chi connectivity index (χ3v) is 43.2. The van der Waals surface area contributed by atoms with Gasteiger partial charge in [0, 0.05) is 82.5 Å². The van der Waals surface area contributed by atoms with E-state index in [-0.39, 0.29) is 5.97 Å². The van der Waals surface area contributed by atoms with E-state index in [1.807, 2.05) is 23.5 Å². The molecule has 8 unspecified atom stereocenters. The van der Waals surface area contributed by atoms with Gasteiger partial charge in [-0.05, 0) is 275 Å². The minimum atomic E-state index is -0.287. The number of carbonyl (C=O) groups is 1. The molecule has 0 aliphatic rings. The number of carbonyl (C=O) groups excluding carboxylic acids is 1. The first kappa shape index (κ1) is 118. The van der Waals surface area contributed by atoms with Crippen LogP contribution in [-0.2, 0) is 68.9 Å². The highest BCUT2D eigenvalue weighted by Crippen LogP contribution is 2.57. The molecule has 0 saturated heterocycles. The van der Waals surface area contributed by atoms with Gasteiger partial charge in [0.1, 0.15) is 0 Å². The van der Waals surface area contributed by atoms with Crippen molar-refractivity contribution < 1.29 is 9.53 Å². The van der Waals surface area contributed by atoms with E-state index in [2.05, 4.69) is 341 Å². The third kappa shape index (κ3) is 34.9. The van der Waals surface area contributed by atoms with Crippen molar-refractivity contribution in [2.45, 2.75) is 446 Å². The Kier molecular flexibility index (Phi) is 52.6. The maximum atomic E-state index is 12.8. The van der Waals surface area contributed by atoms with Crippen LogP contribution in [0.25, 0.3) is 103 Å². The predicted molar refractivity (Wildman–Crippen MR) is 654 cm³/mol. The van der Waals surface area contributed by atoms with Crippen LogP contribution in [-0.4, -0.2) is 13.1 Å². The van der Waals surface area contributed by atoms with E-state index in [1.165, 1.54) is 371 Å². The molecule has 11 rings (SSSR count). The zero-order valence-corrected chi connectivity index (χ0v) is 101. The van der Waals surface area contributed by atoms with Crippen LogP contribution in [0.5, 0.6) is 0 Å². The summed E-state index contributed by atoms with van der Waals surface area (Å²) in [5, 5.41) is 0. The zero-order chi connectivity index (χ0) is 102. The Hall–Kier alpha value is -5.31. The Morgan fingerprint density at radius 3 is 0.790 bits per heavy atom. The SMILES string of the molecule is CCCCCCc1cc(/C=C/c2ccc(/C=C/c3sc(-c4sc(-c5sc(-c6sc(-c7sc(-c8sc(-c9sc(-c%10sc(-c%11ccc(C(=O)OC)cc%11)cc%10CC(CC)CCCC)cc9CC(CC)CCCC)cc8CC(CC)CCCC)cc7CC(CC)CCCC)cc6CC(CC)CCCC)cc5CC(CC)CCCC)cc4CC(CC)CCCC)cc3CC(CC)CCCC)cc2)c(CCCCCC)cc1Br. The molecule has 2 nitrogen and oxygen atoms in total. The van der Waals surface area contributed by atoms with Crippen LogP contribution in [0.15, 0.2) is 114 Å². The molecule has 143 heavy (non-hydrogen) atoms. The second-order valence-corrected chi connectivity index (χ2v) is 52.2. The standard InChI is InChI=1S/C132H187BrO2S8/c1-20-38-48-50-60-104-83-115(133)106(61-51-49-39-21-2)82-105(104)68-66-100-62-64-101(65-63-100)67-73-116-107(74-92(30-11)52-40-22-3)84-118(136-116)125-109(76-94(32-13)54-42-24-5)86-120(138-125)127-111(78-96(34-15)56-44-26-7)88-122(140-127)129-113(80-98(36-17)58-46-28-9)90-124(142-129)131-114(81-99(37-18)59-47-29-10)91-123(143-131)130-112(79-97(35-16)57-45-27-8)89-121(141-130)128-110(77-95(33-14)55-43-25-6)87-119(139-128)126-108(75-93(31-12)53-41-23-4)85-117(137-126)102-69-71-103(72-70-102)132(134)135-19/h62-73,82-99H,20-61,74-81H2,1-19H3/b68-66+,73-67+. The lowest BCUT2D eigenvalue weighted by Crippen LogP contribution is -2.04. The van der Waals surface area contributed by atoms with Crippen molar-refractivity contribution >= 4 is 137 Å². The maximum absolute atomic E-state index is 12.8. The van der Waals surface area contributed by atoms with Crippen molar-refractivity contribution in [3.63, 3.8) is 0 Å². The molecule has 0 N–H and O–H groups in total. The molecule has 11 heteroatoms. The number of hydrogen-bond acceptors (Lipinski definition) is 10. The molecule has 0 aliphatic carbocycles. The number of aryl methyl sites for hydroxylation is 2. The number of esters is 1. The molecule has 0 spiro atoms. The van der Waals surface area contributed by atoms with E-state index >= 15 is 0 Å². The molecule has 8 atom stereocenters. The van der Waals surface area contributed by atoms with E-state index < -0.39 is 0 Å². The van der Waals surface area contributed by atoms with Crippen molar-refractivity contribution in [1.82, 2.24) is 0 Å². The van der Waals surface area contributed by atoms with E-state index in [1.54, 1.807) is 53.6 Å². The average Bonchev–Trinajstić information content (AvgIpc) is 1.61. The van der Waals surface area contributed by atoms with Crippen molar-refractivity contribution in [1.29, 1.82) is 0 Å². The van der Waals surface area contributed by atoms with Crippen LogP contribution in [0, 0.1) is 47.3 Å². The lowest BCUT2D eigenvalue weighted by molar-refractivity contribution is 0.0600. The molecule has 0 saturated carbocycles. The topological polar surface area (TPSA) is 26.3 Å². The van der Waals surface area contributed by atoms with Gasteiger partial charge in [-0.2, -0.15) is 0 Å². The Balaban J connectivity index is 1.07.